The first-order valence-corrected chi connectivity index (χ1v) is 10.8. The Balaban J connectivity index is 2.13. The lowest BCUT2D eigenvalue weighted by atomic mass is 10.2. The zero-order valence-electron chi connectivity index (χ0n) is 19.1. The fourth-order valence-electron chi connectivity index (χ4n) is 2.82. The minimum absolute atomic E-state index is 0.235. The highest BCUT2D eigenvalue weighted by atomic mass is 35.5. The number of hydrogen-bond acceptors (Lipinski definition) is 7. The normalized spacial score (nSPS) is 11.6. The van der Waals surface area contributed by atoms with Crippen molar-refractivity contribution in [3.63, 3.8) is 0 Å². The highest BCUT2D eigenvalue weighted by Gasteiger charge is 2.18. The van der Waals surface area contributed by atoms with Crippen molar-refractivity contribution in [2.45, 2.75) is 6.54 Å². The van der Waals surface area contributed by atoms with Gasteiger partial charge in [-0.15, -0.1) is 0 Å². The van der Waals surface area contributed by atoms with Gasteiger partial charge in [0.2, 0.25) is 0 Å². The summed E-state index contributed by atoms with van der Waals surface area (Å²) in [6, 6.07) is 14.5. The maximum atomic E-state index is 13.1. The summed E-state index contributed by atoms with van der Waals surface area (Å²) in [4.78, 5) is 29.2. The van der Waals surface area contributed by atoms with Crippen molar-refractivity contribution in [1.82, 2.24) is 15.5 Å². The molecule has 0 heterocycles. The molecule has 9 heteroatoms. The molecule has 0 radical (unpaired) electrons. The van der Waals surface area contributed by atoms with Gasteiger partial charge in [-0.1, -0.05) is 23.7 Å². The molecule has 2 aromatic carbocycles. The molecular formula is C25H28ClN5O3. The average molecular weight is 482 g/mol. The molecule has 0 aliphatic carbocycles. The van der Waals surface area contributed by atoms with E-state index in [0.717, 1.165) is 11.3 Å². The van der Waals surface area contributed by atoms with Crippen LogP contribution in [0.4, 0.5) is 5.69 Å². The Bertz CT molecular complexity index is 1050. The molecule has 3 N–H and O–H groups in total. The molecule has 0 aliphatic rings. The molecule has 0 spiro atoms. The Morgan fingerprint density at radius 2 is 1.85 bits per heavy atom. The molecule has 178 valence electrons. The van der Waals surface area contributed by atoms with Gasteiger partial charge in [-0.3, -0.25) is 14.6 Å². The van der Waals surface area contributed by atoms with E-state index < -0.39 is 0 Å². The van der Waals surface area contributed by atoms with Crippen LogP contribution in [-0.2, 0) is 16.1 Å². The van der Waals surface area contributed by atoms with Crippen LogP contribution in [0.5, 0.6) is 5.75 Å². The maximum absolute atomic E-state index is 13.1. The first-order chi connectivity index (χ1) is 16.5. The van der Waals surface area contributed by atoms with Crippen LogP contribution in [0, 0.1) is 0 Å². The average Bonchev–Trinajstić information content (AvgIpc) is 2.85. The number of likely N-dealkylation sites (N-methyl/N-ethyl adjacent to an activating group) is 1. The second-order valence-corrected chi connectivity index (χ2v) is 7.33. The van der Waals surface area contributed by atoms with Crippen LogP contribution in [0.2, 0.25) is 5.02 Å². The third-order valence-electron chi connectivity index (χ3n) is 4.50. The molecule has 0 atom stereocenters. The number of nitrogens with one attached hydrogen (secondary N) is 3. The monoisotopic (exact) mass is 481 g/mol. The van der Waals surface area contributed by atoms with Gasteiger partial charge in [-0.2, -0.15) is 0 Å². The lowest BCUT2D eigenvalue weighted by Gasteiger charge is -2.25. The van der Waals surface area contributed by atoms with Gasteiger partial charge >= 0.3 is 0 Å². The van der Waals surface area contributed by atoms with Gasteiger partial charge < -0.3 is 25.6 Å². The standard InChI is InChI=1S/C25H28ClN5O3/c1-27-14-12-23(13-15-32)34-22-10-8-21(9-11-22)30-18-31(25(33)24(29-3)16-28-2)17-19-4-6-20(26)7-5-19/h4-16,27,29-30H,2,17-18H2,1,3H3/b14-12?,23-13+,24-16+. The number of aldehydes is 1. The number of hydrogen-bond donors (Lipinski definition) is 3. The van der Waals surface area contributed by atoms with Crippen molar-refractivity contribution in [2.24, 2.45) is 4.99 Å². The Hall–Kier alpha value is -4.04. The predicted molar refractivity (Wildman–Crippen MR) is 137 cm³/mol. The molecule has 0 fully saturated rings. The van der Waals surface area contributed by atoms with E-state index >= 15 is 0 Å². The summed E-state index contributed by atoms with van der Waals surface area (Å²) < 4.78 is 5.71. The predicted octanol–water partition coefficient (Wildman–Crippen LogP) is 3.69. The number of amides is 1. The number of carbonyl (C=O) groups excluding carboxylic acids is 2. The second-order valence-electron chi connectivity index (χ2n) is 6.89. The van der Waals surface area contributed by atoms with E-state index in [9.17, 15) is 9.59 Å². The number of nitrogens with zero attached hydrogens (tertiary/aromatic N) is 2. The number of carbonyl (C=O) groups is 2. The van der Waals surface area contributed by atoms with Crippen molar-refractivity contribution in [3.8, 4) is 5.75 Å². The number of ether oxygens (including phenoxy) is 1. The summed E-state index contributed by atoms with van der Waals surface area (Å²) >= 11 is 5.98. The van der Waals surface area contributed by atoms with E-state index in [4.69, 9.17) is 16.3 Å². The summed E-state index contributed by atoms with van der Waals surface area (Å²) in [5.74, 6) is 0.718. The molecule has 1 amide bonds. The van der Waals surface area contributed by atoms with Crippen molar-refractivity contribution in [3.05, 3.63) is 95.1 Å². The number of anilines is 1. The highest BCUT2D eigenvalue weighted by Crippen LogP contribution is 2.19. The number of aliphatic imine (C=N–C) groups is 1. The van der Waals surface area contributed by atoms with Crippen LogP contribution < -0.4 is 20.7 Å². The smallest absolute Gasteiger partial charge is 0.273 e. The van der Waals surface area contributed by atoms with Crippen LogP contribution in [0.3, 0.4) is 0 Å². The van der Waals surface area contributed by atoms with Crippen molar-refractivity contribution in [2.75, 3.05) is 26.1 Å². The number of halogens is 1. The molecule has 0 saturated heterocycles. The third kappa shape index (κ3) is 8.48. The van der Waals surface area contributed by atoms with Crippen molar-refractivity contribution >= 4 is 36.2 Å². The Labute approximate surface area is 204 Å². The van der Waals surface area contributed by atoms with Gasteiger partial charge in [0.25, 0.3) is 5.91 Å². The van der Waals surface area contributed by atoms with Gasteiger partial charge in [0.15, 0.2) is 0 Å². The highest BCUT2D eigenvalue weighted by molar-refractivity contribution is 6.30. The Morgan fingerprint density at radius 3 is 2.44 bits per heavy atom. The maximum Gasteiger partial charge on any atom is 0.273 e. The lowest BCUT2D eigenvalue weighted by Crippen LogP contribution is -2.38. The molecule has 8 nitrogen and oxygen atoms in total. The van der Waals surface area contributed by atoms with Gasteiger partial charge in [-0.25, -0.2) is 0 Å². The topological polar surface area (TPSA) is 95.1 Å². The molecule has 34 heavy (non-hydrogen) atoms. The minimum atomic E-state index is -0.239. The molecule has 0 aromatic heterocycles. The van der Waals surface area contributed by atoms with Gasteiger partial charge in [-0.05, 0) is 61.0 Å². The van der Waals surface area contributed by atoms with E-state index in [1.54, 1.807) is 55.5 Å². The third-order valence-corrected chi connectivity index (χ3v) is 4.76. The van der Waals surface area contributed by atoms with Crippen LogP contribution >= 0.6 is 11.6 Å². The summed E-state index contributed by atoms with van der Waals surface area (Å²) in [5.41, 5.74) is 2.03. The number of benzene rings is 2. The molecule has 0 saturated carbocycles. The Kier molecular flexibility index (Phi) is 10.9. The first-order valence-electron chi connectivity index (χ1n) is 10.4. The van der Waals surface area contributed by atoms with Crippen LogP contribution in [0.15, 0.2) is 89.5 Å². The van der Waals surface area contributed by atoms with E-state index in [0.29, 0.717) is 35.1 Å². The molecule has 2 aromatic rings. The van der Waals surface area contributed by atoms with E-state index in [2.05, 4.69) is 27.7 Å². The van der Waals surface area contributed by atoms with E-state index in [1.807, 2.05) is 24.3 Å². The van der Waals surface area contributed by atoms with Crippen LogP contribution in [0.1, 0.15) is 5.56 Å². The molecule has 0 unspecified atom stereocenters. The molecular weight excluding hydrogens is 454 g/mol. The van der Waals surface area contributed by atoms with Crippen molar-refractivity contribution in [1.29, 1.82) is 0 Å². The SMILES string of the molecule is C=N/C=C(/NC)C(=O)N(CNc1ccc(O/C(C=CNC)=C/C=O)cc1)Cc1ccc(Cl)cc1. The van der Waals surface area contributed by atoms with Crippen molar-refractivity contribution < 1.29 is 14.3 Å². The zero-order valence-corrected chi connectivity index (χ0v) is 19.9. The summed E-state index contributed by atoms with van der Waals surface area (Å²) in [5, 5.41) is 9.57. The molecule has 0 bridgehead atoms. The molecule has 0 aliphatic heterocycles. The fraction of sp³-hybridized carbons (Fsp3) is 0.160. The van der Waals surface area contributed by atoms with E-state index in [-0.39, 0.29) is 12.6 Å². The summed E-state index contributed by atoms with van der Waals surface area (Å²) in [7, 11) is 3.40. The van der Waals surface area contributed by atoms with Gasteiger partial charge in [0.05, 0.1) is 12.9 Å². The fourth-order valence-corrected chi connectivity index (χ4v) is 2.94. The van der Waals surface area contributed by atoms with Crippen LogP contribution in [-0.4, -0.2) is 44.6 Å². The van der Waals surface area contributed by atoms with E-state index in [1.165, 1.54) is 12.3 Å². The van der Waals surface area contributed by atoms with Gasteiger partial charge in [0.1, 0.15) is 23.5 Å². The summed E-state index contributed by atoms with van der Waals surface area (Å²) in [6.45, 7) is 4.02. The largest absolute Gasteiger partial charge is 0.457 e. The quantitative estimate of drug-likeness (QED) is 0.101. The number of allylic oxidation sites excluding steroid dienone is 2. The lowest BCUT2D eigenvalue weighted by molar-refractivity contribution is -0.127. The van der Waals surface area contributed by atoms with Gasteiger partial charge in [0, 0.05) is 37.4 Å². The first kappa shape index (κ1) is 26.2. The summed E-state index contributed by atoms with van der Waals surface area (Å²) in [6.07, 6.45) is 6.67. The molecule has 2 rings (SSSR count). The number of rotatable bonds is 13. The minimum Gasteiger partial charge on any atom is -0.457 e. The Morgan fingerprint density at radius 1 is 1.15 bits per heavy atom. The van der Waals surface area contributed by atoms with Crippen LogP contribution in [0.25, 0.3) is 0 Å². The zero-order chi connectivity index (χ0) is 24.8. The second kappa shape index (κ2) is 14.2.